The van der Waals surface area contributed by atoms with Crippen molar-refractivity contribution in [2.24, 2.45) is 7.05 Å². The number of rotatable bonds is 5. The zero-order valence-electron chi connectivity index (χ0n) is 15.3. The first-order valence-electron chi connectivity index (χ1n) is 8.69. The van der Waals surface area contributed by atoms with Gasteiger partial charge in [0.15, 0.2) is 0 Å². The lowest BCUT2D eigenvalue weighted by Gasteiger charge is -2.29. The van der Waals surface area contributed by atoms with Gasteiger partial charge in [-0.1, -0.05) is 18.2 Å². The standard InChI is InChI=1S/C17H23N5O4S/c1-20-16(13-8-10-21(11-9-13)27(2,25)26)19-22(17(20)24)12-15(23)18-14-6-4-3-5-7-14/h3-7,13H,8-12H2,1-2H3,(H,18,23). The average Bonchev–Trinajstić information content (AvgIpc) is 2.90. The van der Waals surface area contributed by atoms with Crippen molar-refractivity contribution < 1.29 is 13.2 Å². The van der Waals surface area contributed by atoms with Gasteiger partial charge in [-0.2, -0.15) is 5.10 Å². The highest BCUT2D eigenvalue weighted by atomic mass is 32.2. The third-order valence-electron chi connectivity index (χ3n) is 4.71. The van der Waals surface area contributed by atoms with E-state index in [1.807, 2.05) is 18.2 Å². The van der Waals surface area contributed by atoms with Crippen LogP contribution < -0.4 is 11.0 Å². The molecule has 1 aromatic heterocycles. The number of aromatic nitrogens is 3. The van der Waals surface area contributed by atoms with Crippen molar-refractivity contribution in [2.45, 2.75) is 25.3 Å². The Hall–Kier alpha value is -2.46. The Kier molecular flexibility index (Phi) is 5.47. The Labute approximate surface area is 157 Å². The van der Waals surface area contributed by atoms with E-state index in [1.54, 1.807) is 19.2 Å². The number of piperidine rings is 1. The number of sulfonamides is 1. The summed E-state index contributed by atoms with van der Waals surface area (Å²) in [5.41, 5.74) is 0.290. The quantitative estimate of drug-likeness (QED) is 0.789. The van der Waals surface area contributed by atoms with Crippen molar-refractivity contribution in [1.29, 1.82) is 0 Å². The van der Waals surface area contributed by atoms with E-state index < -0.39 is 10.0 Å². The largest absolute Gasteiger partial charge is 0.346 e. The predicted molar refractivity (Wildman–Crippen MR) is 101 cm³/mol. The lowest BCUT2D eigenvalue weighted by Crippen LogP contribution is -2.37. The molecule has 0 unspecified atom stereocenters. The smallest absolute Gasteiger partial charge is 0.324 e. The Morgan fingerprint density at radius 2 is 1.85 bits per heavy atom. The van der Waals surface area contributed by atoms with Crippen LogP contribution in [0.5, 0.6) is 0 Å². The SMILES string of the molecule is Cn1c(C2CCN(S(C)(=O)=O)CC2)nn(CC(=O)Nc2ccccc2)c1=O. The van der Waals surface area contributed by atoms with Crippen molar-refractivity contribution in [1.82, 2.24) is 18.7 Å². The van der Waals surface area contributed by atoms with E-state index in [2.05, 4.69) is 10.4 Å². The highest BCUT2D eigenvalue weighted by molar-refractivity contribution is 7.88. The molecule has 1 aliphatic heterocycles. The van der Waals surface area contributed by atoms with Crippen LogP contribution in [0, 0.1) is 0 Å². The second-order valence-corrected chi connectivity index (χ2v) is 8.69. The van der Waals surface area contributed by atoms with Gasteiger partial charge in [-0.05, 0) is 25.0 Å². The Morgan fingerprint density at radius 1 is 1.22 bits per heavy atom. The zero-order chi connectivity index (χ0) is 19.6. The van der Waals surface area contributed by atoms with Crippen molar-refractivity contribution in [2.75, 3.05) is 24.7 Å². The normalized spacial score (nSPS) is 16.4. The van der Waals surface area contributed by atoms with Gasteiger partial charge in [0.1, 0.15) is 12.4 Å². The van der Waals surface area contributed by atoms with Crippen LogP contribution in [0.25, 0.3) is 0 Å². The summed E-state index contributed by atoms with van der Waals surface area (Å²) in [6, 6.07) is 8.99. The van der Waals surface area contributed by atoms with Crippen molar-refractivity contribution in [3.05, 3.63) is 46.6 Å². The van der Waals surface area contributed by atoms with Gasteiger partial charge in [0.05, 0.1) is 6.26 Å². The first-order valence-corrected chi connectivity index (χ1v) is 10.5. The lowest BCUT2D eigenvalue weighted by molar-refractivity contribution is -0.117. The highest BCUT2D eigenvalue weighted by Gasteiger charge is 2.29. The first-order chi connectivity index (χ1) is 12.8. The number of hydrogen-bond acceptors (Lipinski definition) is 5. The molecule has 1 fully saturated rings. The van der Waals surface area contributed by atoms with E-state index in [9.17, 15) is 18.0 Å². The van der Waals surface area contributed by atoms with Crippen molar-refractivity contribution in [3.63, 3.8) is 0 Å². The molecule has 27 heavy (non-hydrogen) atoms. The number of benzene rings is 1. The fraction of sp³-hybridized carbons (Fsp3) is 0.471. The molecule has 1 N–H and O–H groups in total. The fourth-order valence-electron chi connectivity index (χ4n) is 3.27. The van der Waals surface area contributed by atoms with Gasteiger partial charge in [0, 0.05) is 31.7 Å². The molecule has 1 amide bonds. The minimum atomic E-state index is -3.20. The molecule has 9 nitrogen and oxygen atoms in total. The van der Waals surface area contributed by atoms with Gasteiger partial charge in [0.25, 0.3) is 0 Å². The summed E-state index contributed by atoms with van der Waals surface area (Å²) in [7, 11) is -1.58. The van der Waals surface area contributed by atoms with Crippen LogP contribution in [0.4, 0.5) is 5.69 Å². The molecule has 3 rings (SSSR count). The number of hydrogen-bond donors (Lipinski definition) is 1. The second kappa shape index (κ2) is 7.65. The average molecular weight is 393 g/mol. The van der Waals surface area contributed by atoms with Gasteiger partial charge in [-0.25, -0.2) is 22.2 Å². The predicted octanol–water partition coefficient (Wildman–Crippen LogP) is 0.360. The Bertz CT molecular complexity index is 972. The third-order valence-corrected chi connectivity index (χ3v) is 6.02. The molecule has 1 aromatic carbocycles. The molecule has 10 heteroatoms. The monoisotopic (exact) mass is 393 g/mol. The second-order valence-electron chi connectivity index (χ2n) is 6.71. The summed E-state index contributed by atoms with van der Waals surface area (Å²) in [5.74, 6) is 0.236. The van der Waals surface area contributed by atoms with Crippen LogP contribution in [0.2, 0.25) is 0 Å². The van der Waals surface area contributed by atoms with Crippen LogP contribution in [-0.2, 0) is 28.4 Å². The van der Waals surface area contributed by atoms with E-state index in [4.69, 9.17) is 0 Å². The maximum absolute atomic E-state index is 12.4. The van der Waals surface area contributed by atoms with E-state index in [0.29, 0.717) is 37.4 Å². The minimum Gasteiger partial charge on any atom is -0.324 e. The molecule has 0 radical (unpaired) electrons. The van der Waals surface area contributed by atoms with Crippen LogP contribution in [0.1, 0.15) is 24.6 Å². The summed E-state index contributed by atoms with van der Waals surface area (Å²) in [6.45, 7) is 0.627. The van der Waals surface area contributed by atoms with Gasteiger partial charge in [-0.15, -0.1) is 0 Å². The lowest BCUT2D eigenvalue weighted by atomic mass is 9.97. The molecule has 0 spiro atoms. The summed E-state index contributed by atoms with van der Waals surface area (Å²) < 4.78 is 27.3. The molecule has 146 valence electrons. The number of nitrogens with one attached hydrogen (secondary N) is 1. The van der Waals surface area contributed by atoms with Crippen molar-refractivity contribution >= 4 is 21.6 Å². The minimum absolute atomic E-state index is 0.0147. The number of carbonyl (C=O) groups is 1. The number of para-hydroxylation sites is 1. The van der Waals surface area contributed by atoms with Crippen LogP contribution in [-0.4, -0.2) is 52.3 Å². The van der Waals surface area contributed by atoms with E-state index in [1.165, 1.54) is 15.1 Å². The van der Waals surface area contributed by atoms with Crippen LogP contribution >= 0.6 is 0 Å². The Balaban J connectivity index is 1.69. The zero-order valence-corrected chi connectivity index (χ0v) is 16.1. The van der Waals surface area contributed by atoms with Crippen LogP contribution in [0.15, 0.2) is 35.1 Å². The molecule has 2 aromatic rings. The van der Waals surface area contributed by atoms with Crippen molar-refractivity contribution in [3.8, 4) is 0 Å². The van der Waals surface area contributed by atoms with Crippen LogP contribution in [0.3, 0.4) is 0 Å². The summed E-state index contributed by atoms with van der Waals surface area (Å²) in [5, 5.41) is 7.07. The number of nitrogens with zero attached hydrogens (tertiary/aromatic N) is 4. The third kappa shape index (κ3) is 4.45. The summed E-state index contributed by atoms with van der Waals surface area (Å²) in [4.78, 5) is 24.6. The number of carbonyl (C=O) groups excluding carboxylic acids is 1. The number of anilines is 1. The highest BCUT2D eigenvalue weighted by Crippen LogP contribution is 2.26. The molecule has 0 aliphatic carbocycles. The van der Waals surface area contributed by atoms with Gasteiger partial charge in [0.2, 0.25) is 15.9 Å². The molecule has 1 saturated heterocycles. The Morgan fingerprint density at radius 3 is 2.44 bits per heavy atom. The van der Waals surface area contributed by atoms with E-state index in [-0.39, 0.29) is 24.1 Å². The van der Waals surface area contributed by atoms with E-state index in [0.717, 1.165) is 4.68 Å². The number of amides is 1. The molecule has 0 saturated carbocycles. The maximum Gasteiger partial charge on any atom is 0.346 e. The van der Waals surface area contributed by atoms with Gasteiger partial charge in [-0.3, -0.25) is 9.36 Å². The maximum atomic E-state index is 12.4. The van der Waals surface area contributed by atoms with Gasteiger partial charge >= 0.3 is 5.69 Å². The van der Waals surface area contributed by atoms with Gasteiger partial charge < -0.3 is 5.32 Å². The molecule has 1 aliphatic rings. The topological polar surface area (TPSA) is 106 Å². The molecule has 2 heterocycles. The van der Waals surface area contributed by atoms with E-state index >= 15 is 0 Å². The summed E-state index contributed by atoms with van der Waals surface area (Å²) in [6.07, 6.45) is 2.38. The molecule has 0 bridgehead atoms. The molecular weight excluding hydrogens is 370 g/mol. The molecular formula is C17H23N5O4S. The summed E-state index contributed by atoms with van der Waals surface area (Å²) >= 11 is 0. The fourth-order valence-corrected chi connectivity index (χ4v) is 4.14. The first kappa shape index (κ1) is 19.3. The molecule has 0 atom stereocenters.